The third kappa shape index (κ3) is 2.89. The molecule has 2 heterocycles. The SMILES string of the molecule is O=S(=O)(N[C@@H]1CCNC1)c1ccc2c(c1)OCCCO2. The molecule has 0 aliphatic carbocycles. The Labute approximate surface area is 118 Å². The van der Waals surface area contributed by atoms with Gasteiger partial charge in [-0.1, -0.05) is 0 Å². The van der Waals surface area contributed by atoms with Gasteiger partial charge in [-0.2, -0.15) is 0 Å². The molecule has 0 bridgehead atoms. The lowest BCUT2D eigenvalue weighted by atomic mass is 10.3. The Bertz CT molecular complexity index is 582. The number of rotatable bonds is 3. The first-order valence-electron chi connectivity index (χ1n) is 6.78. The summed E-state index contributed by atoms with van der Waals surface area (Å²) in [6.07, 6.45) is 1.60. The van der Waals surface area contributed by atoms with E-state index in [1.807, 2.05) is 0 Å². The number of nitrogens with one attached hydrogen (secondary N) is 2. The lowest BCUT2D eigenvalue weighted by Crippen LogP contribution is -2.36. The molecule has 0 radical (unpaired) electrons. The molecule has 2 N–H and O–H groups in total. The van der Waals surface area contributed by atoms with E-state index in [1.165, 1.54) is 6.07 Å². The van der Waals surface area contributed by atoms with Gasteiger partial charge in [-0.05, 0) is 25.1 Å². The molecule has 1 aromatic carbocycles. The smallest absolute Gasteiger partial charge is 0.241 e. The van der Waals surface area contributed by atoms with Crippen molar-refractivity contribution in [3.8, 4) is 11.5 Å². The average molecular weight is 298 g/mol. The lowest BCUT2D eigenvalue weighted by molar-refractivity contribution is 0.297. The molecule has 1 aromatic rings. The number of benzene rings is 1. The normalized spacial score (nSPS) is 22.5. The lowest BCUT2D eigenvalue weighted by Gasteiger charge is -2.13. The molecule has 3 rings (SSSR count). The zero-order chi connectivity index (χ0) is 14.0. The van der Waals surface area contributed by atoms with E-state index >= 15 is 0 Å². The highest BCUT2D eigenvalue weighted by Gasteiger charge is 2.24. The summed E-state index contributed by atoms with van der Waals surface area (Å²) >= 11 is 0. The van der Waals surface area contributed by atoms with Crippen LogP contribution in [0.4, 0.5) is 0 Å². The van der Waals surface area contributed by atoms with Gasteiger partial charge < -0.3 is 14.8 Å². The van der Waals surface area contributed by atoms with Crippen molar-refractivity contribution in [2.24, 2.45) is 0 Å². The summed E-state index contributed by atoms with van der Waals surface area (Å²) in [7, 11) is -3.51. The van der Waals surface area contributed by atoms with Gasteiger partial charge >= 0.3 is 0 Å². The Kier molecular flexibility index (Phi) is 3.82. The van der Waals surface area contributed by atoms with Gasteiger partial charge in [0.05, 0.1) is 18.1 Å². The van der Waals surface area contributed by atoms with Crippen LogP contribution < -0.4 is 19.5 Å². The van der Waals surface area contributed by atoms with Crippen LogP contribution in [-0.2, 0) is 10.0 Å². The molecule has 2 aliphatic heterocycles. The average Bonchev–Trinajstić information content (AvgIpc) is 2.80. The highest BCUT2D eigenvalue weighted by molar-refractivity contribution is 7.89. The number of fused-ring (bicyclic) bond motifs is 1. The second kappa shape index (κ2) is 5.59. The summed E-state index contributed by atoms with van der Waals surface area (Å²) < 4.78 is 38.4. The van der Waals surface area contributed by atoms with Crippen molar-refractivity contribution in [2.45, 2.75) is 23.8 Å². The van der Waals surface area contributed by atoms with Gasteiger partial charge in [-0.25, -0.2) is 13.1 Å². The molecular formula is C13H18N2O4S. The van der Waals surface area contributed by atoms with Gasteiger partial charge in [0, 0.05) is 25.1 Å². The molecule has 0 saturated carbocycles. The molecule has 110 valence electrons. The number of sulfonamides is 1. The van der Waals surface area contributed by atoms with Crippen LogP contribution >= 0.6 is 0 Å². The molecule has 0 unspecified atom stereocenters. The summed E-state index contributed by atoms with van der Waals surface area (Å²) in [5.41, 5.74) is 0. The first-order chi connectivity index (χ1) is 9.65. The largest absolute Gasteiger partial charge is 0.490 e. The maximum absolute atomic E-state index is 12.3. The summed E-state index contributed by atoms with van der Waals surface area (Å²) in [5, 5.41) is 3.13. The van der Waals surface area contributed by atoms with E-state index in [2.05, 4.69) is 10.0 Å². The predicted octanol–water partition coefficient (Wildman–Crippen LogP) is 0.488. The molecule has 2 aliphatic rings. The summed E-state index contributed by atoms with van der Waals surface area (Å²) in [6.45, 7) is 2.64. The molecule has 7 heteroatoms. The fraction of sp³-hybridized carbons (Fsp3) is 0.538. The van der Waals surface area contributed by atoms with E-state index in [9.17, 15) is 8.42 Å². The number of ether oxygens (including phenoxy) is 2. The fourth-order valence-corrected chi connectivity index (χ4v) is 3.64. The van der Waals surface area contributed by atoms with Crippen molar-refractivity contribution < 1.29 is 17.9 Å². The van der Waals surface area contributed by atoms with E-state index in [1.54, 1.807) is 12.1 Å². The molecule has 0 amide bonds. The van der Waals surface area contributed by atoms with Gasteiger partial charge in [0.2, 0.25) is 10.0 Å². The van der Waals surface area contributed by atoms with Crippen molar-refractivity contribution in [3.05, 3.63) is 18.2 Å². The van der Waals surface area contributed by atoms with Gasteiger partial charge in [0.15, 0.2) is 11.5 Å². The van der Waals surface area contributed by atoms with Gasteiger partial charge in [-0.3, -0.25) is 0 Å². The topological polar surface area (TPSA) is 76.7 Å². The van der Waals surface area contributed by atoms with Crippen molar-refractivity contribution in [2.75, 3.05) is 26.3 Å². The van der Waals surface area contributed by atoms with Crippen LogP contribution in [0.25, 0.3) is 0 Å². The first kappa shape index (κ1) is 13.7. The minimum absolute atomic E-state index is 0.0454. The summed E-state index contributed by atoms with van der Waals surface area (Å²) in [4.78, 5) is 0.216. The minimum atomic E-state index is -3.51. The molecule has 1 fully saturated rings. The monoisotopic (exact) mass is 298 g/mol. The molecular weight excluding hydrogens is 280 g/mol. The summed E-state index contributed by atoms with van der Waals surface area (Å²) in [5.74, 6) is 1.10. The van der Waals surface area contributed by atoms with Crippen LogP contribution in [-0.4, -0.2) is 40.8 Å². The maximum atomic E-state index is 12.3. The standard InChI is InChI=1S/C13H18N2O4S/c16-20(17,15-10-4-5-14-9-10)11-2-3-12-13(8-11)19-7-1-6-18-12/h2-3,8,10,14-15H,1,4-7,9H2/t10-/m1/s1. The Balaban J connectivity index is 1.83. The quantitative estimate of drug-likeness (QED) is 0.849. The molecule has 6 nitrogen and oxygen atoms in total. The third-order valence-corrected chi connectivity index (χ3v) is 4.93. The second-order valence-electron chi connectivity index (χ2n) is 4.97. The Morgan fingerprint density at radius 2 is 2.00 bits per heavy atom. The van der Waals surface area contributed by atoms with Gasteiger partial charge in [-0.15, -0.1) is 0 Å². The zero-order valence-electron chi connectivity index (χ0n) is 11.1. The maximum Gasteiger partial charge on any atom is 0.241 e. The van der Waals surface area contributed by atoms with Crippen LogP contribution in [0.15, 0.2) is 23.1 Å². The number of hydrogen-bond donors (Lipinski definition) is 2. The fourth-order valence-electron chi connectivity index (χ4n) is 2.35. The van der Waals surface area contributed by atoms with E-state index in [0.29, 0.717) is 31.3 Å². The van der Waals surface area contributed by atoms with E-state index in [-0.39, 0.29) is 10.9 Å². The third-order valence-electron chi connectivity index (χ3n) is 3.41. The molecule has 20 heavy (non-hydrogen) atoms. The first-order valence-corrected chi connectivity index (χ1v) is 8.26. The Morgan fingerprint density at radius 1 is 1.20 bits per heavy atom. The van der Waals surface area contributed by atoms with Crippen LogP contribution in [0.1, 0.15) is 12.8 Å². The second-order valence-corrected chi connectivity index (χ2v) is 6.68. The van der Waals surface area contributed by atoms with E-state index < -0.39 is 10.0 Å². The minimum Gasteiger partial charge on any atom is -0.490 e. The van der Waals surface area contributed by atoms with Crippen molar-refractivity contribution >= 4 is 10.0 Å². The highest BCUT2D eigenvalue weighted by Crippen LogP contribution is 2.31. The Morgan fingerprint density at radius 3 is 2.75 bits per heavy atom. The molecule has 0 spiro atoms. The number of hydrogen-bond acceptors (Lipinski definition) is 5. The van der Waals surface area contributed by atoms with E-state index in [4.69, 9.17) is 9.47 Å². The molecule has 1 saturated heterocycles. The van der Waals surface area contributed by atoms with E-state index in [0.717, 1.165) is 19.4 Å². The van der Waals surface area contributed by atoms with Crippen molar-refractivity contribution in [1.82, 2.24) is 10.0 Å². The van der Waals surface area contributed by atoms with Gasteiger partial charge in [0.25, 0.3) is 0 Å². The van der Waals surface area contributed by atoms with Crippen molar-refractivity contribution in [1.29, 1.82) is 0 Å². The van der Waals surface area contributed by atoms with Crippen molar-refractivity contribution in [3.63, 3.8) is 0 Å². The predicted molar refractivity (Wildman–Crippen MR) is 73.6 cm³/mol. The van der Waals surface area contributed by atoms with Crippen LogP contribution in [0, 0.1) is 0 Å². The molecule has 1 atom stereocenters. The van der Waals surface area contributed by atoms with Crippen LogP contribution in [0.3, 0.4) is 0 Å². The molecule has 0 aromatic heterocycles. The highest BCUT2D eigenvalue weighted by atomic mass is 32.2. The Hall–Kier alpha value is -1.31. The summed E-state index contributed by atoms with van der Waals surface area (Å²) in [6, 6.07) is 4.70. The van der Waals surface area contributed by atoms with Crippen LogP contribution in [0.2, 0.25) is 0 Å². The van der Waals surface area contributed by atoms with Crippen LogP contribution in [0.5, 0.6) is 11.5 Å². The van der Waals surface area contributed by atoms with Gasteiger partial charge in [0.1, 0.15) is 0 Å². The zero-order valence-corrected chi connectivity index (χ0v) is 11.9.